The normalized spacial score (nSPS) is 14.0. The number of aliphatic hydroxyl groups excluding tert-OH is 2. The smallest absolute Gasteiger partial charge is 0.407 e. The number of benzene rings is 2. The Morgan fingerprint density at radius 1 is 1.15 bits per heavy atom. The Balaban J connectivity index is 1.29. The molecule has 1 heterocycles. The van der Waals surface area contributed by atoms with E-state index in [9.17, 15) is 15.0 Å². The average molecular weight is 464 g/mol. The topological polar surface area (TPSA) is 115 Å². The number of pyridine rings is 1. The van der Waals surface area contributed by atoms with Gasteiger partial charge in [0.25, 0.3) is 0 Å². The number of nitriles is 1. The zero-order chi connectivity index (χ0) is 23.4. The predicted octanol–water partition coefficient (Wildman–Crippen LogP) is 3.93. The second kappa shape index (κ2) is 10.0. The summed E-state index contributed by atoms with van der Waals surface area (Å²) in [7, 11) is 0. The van der Waals surface area contributed by atoms with Crippen molar-refractivity contribution in [2.75, 3.05) is 13.2 Å². The fourth-order valence-corrected chi connectivity index (χ4v) is 4.20. The Hall–Kier alpha value is -3.44. The van der Waals surface area contributed by atoms with Crippen LogP contribution >= 0.6 is 11.6 Å². The molecule has 33 heavy (non-hydrogen) atoms. The van der Waals surface area contributed by atoms with Crippen LogP contribution in [0.15, 0.2) is 60.8 Å². The molecule has 0 bridgehead atoms. The molecule has 3 aromatic rings. The number of hydrogen-bond acceptors (Lipinski definition) is 6. The SMILES string of the molecule is N#Cc1cc(C(O)C(O)CCNC(=O)OCC2c3ccccc3-c3ccccc32)cnc1Cl. The van der Waals surface area contributed by atoms with Crippen LogP contribution in [0.4, 0.5) is 4.79 Å². The summed E-state index contributed by atoms with van der Waals surface area (Å²) in [6.07, 6.45) is -1.66. The lowest BCUT2D eigenvalue weighted by atomic mass is 9.98. The zero-order valence-corrected chi connectivity index (χ0v) is 18.4. The van der Waals surface area contributed by atoms with Crippen LogP contribution in [0.1, 0.15) is 40.7 Å². The Morgan fingerprint density at radius 3 is 2.42 bits per heavy atom. The maximum Gasteiger partial charge on any atom is 0.407 e. The summed E-state index contributed by atoms with van der Waals surface area (Å²) in [4.78, 5) is 16.1. The van der Waals surface area contributed by atoms with E-state index in [0.717, 1.165) is 22.3 Å². The first kappa shape index (κ1) is 22.7. The molecule has 1 aliphatic rings. The van der Waals surface area contributed by atoms with Crippen molar-refractivity contribution in [1.29, 1.82) is 5.26 Å². The van der Waals surface area contributed by atoms with Crippen molar-refractivity contribution in [3.63, 3.8) is 0 Å². The van der Waals surface area contributed by atoms with Gasteiger partial charge in [-0.3, -0.25) is 0 Å². The van der Waals surface area contributed by atoms with Gasteiger partial charge < -0.3 is 20.3 Å². The summed E-state index contributed by atoms with van der Waals surface area (Å²) < 4.78 is 5.46. The number of nitrogens with zero attached hydrogens (tertiary/aromatic N) is 2. The van der Waals surface area contributed by atoms with Crippen LogP contribution in [0, 0.1) is 11.3 Å². The number of amides is 1. The summed E-state index contributed by atoms with van der Waals surface area (Å²) in [6, 6.07) is 19.4. The molecule has 7 nitrogen and oxygen atoms in total. The minimum absolute atomic E-state index is 0.0276. The van der Waals surface area contributed by atoms with Gasteiger partial charge in [0.15, 0.2) is 0 Å². The first-order chi connectivity index (χ1) is 16.0. The van der Waals surface area contributed by atoms with E-state index < -0.39 is 18.3 Å². The van der Waals surface area contributed by atoms with E-state index >= 15 is 0 Å². The molecular weight excluding hydrogens is 442 g/mol. The monoisotopic (exact) mass is 463 g/mol. The van der Waals surface area contributed by atoms with Crippen LogP contribution in [-0.2, 0) is 4.74 Å². The summed E-state index contributed by atoms with van der Waals surface area (Å²) in [5, 5.41) is 32.2. The summed E-state index contributed by atoms with van der Waals surface area (Å²) >= 11 is 5.79. The van der Waals surface area contributed by atoms with Crippen molar-refractivity contribution in [3.05, 3.63) is 88.2 Å². The third-order valence-corrected chi connectivity index (χ3v) is 6.04. The van der Waals surface area contributed by atoms with E-state index in [2.05, 4.69) is 22.4 Å². The third kappa shape index (κ3) is 4.83. The molecule has 1 aromatic heterocycles. The minimum atomic E-state index is -1.27. The molecule has 0 saturated carbocycles. The van der Waals surface area contributed by atoms with Crippen molar-refractivity contribution in [3.8, 4) is 17.2 Å². The molecule has 168 valence electrons. The first-order valence-electron chi connectivity index (χ1n) is 10.5. The lowest BCUT2D eigenvalue weighted by Gasteiger charge is -2.19. The number of carbonyl (C=O) groups is 1. The predicted molar refractivity (Wildman–Crippen MR) is 123 cm³/mol. The second-order valence-electron chi connectivity index (χ2n) is 7.77. The molecule has 0 spiro atoms. The molecule has 2 aromatic carbocycles. The standard InChI is InChI=1S/C25H22ClN3O4/c26-24-15(12-27)11-16(13-29-24)23(31)22(30)9-10-28-25(32)33-14-21-19-7-3-1-5-17(19)18-6-2-4-8-20(18)21/h1-8,11,13,21-23,30-31H,9-10,14H2,(H,28,32). The maximum atomic E-state index is 12.2. The Labute approximate surface area is 196 Å². The van der Waals surface area contributed by atoms with Gasteiger partial charge in [0.05, 0.1) is 11.7 Å². The Bertz CT molecular complexity index is 1160. The van der Waals surface area contributed by atoms with Crippen molar-refractivity contribution in [2.24, 2.45) is 0 Å². The Kier molecular flexibility index (Phi) is 6.90. The number of rotatable bonds is 7. The molecule has 0 fully saturated rings. The van der Waals surface area contributed by atoms with Gasteiger partial charge in [0.2, 0.25) is 0 Å². The number of fused-ring (bicyclic) bond motifs is 3. The highest BCUT2D eigenvalue weighted by Gasteiger charge is 2.29. The van der Waals surface area contributed by atoms with Crippen LogP contribution in [0.2, 0.25) is 5.15 Å². The maximum absolute atomic E-state index is 12.2. The number of ether oxygens (including phenoxy) is 1. The molecular formula is C25H22ClN3O4. The summed E-state index contributed by atoms with van der Waals surface area (Å²) in [5.41, 5.74) is 4.92. The quantitative estimate of drug-likeness (QED) is 0.457. The van der Waals surface area contributed by atoms with Crippen molar-refractivity contribution in [1.82, 2.24) is 10.3 Å². The van der Waals surface area contributed by atoms with E-state index in [-0.39, 0.29) is 41.8 Å². The van der Waals surface area contributed by atoms with Crippen molar-refractivity contribution < 1.29 is 19.7 Å². The highest BCUT2D eigenvalue weighted by Crippen LogP contribution is 2.44. The fraction of sp³-hybridized carbons (Fsp3) is 0.240. The summed E-state index contributed by atoms with van der Waals surface area (Å²) in [6.45, 7) is 0.291. The summed E-state index contributed by atoms with van der Waals surface area (Å²) in [5.74, 6) is -0.0395. The number of nitrogens with one attached hydrogen (secondary N) is 1. The molecule has 8 heteroatoms. The van der Waals surface area contributed by atoms with E-state index in [4.69, 9.17) is 21.6 Å². The third-order valence-electron chi connectivity index (χ3n) is 5.74. The largest absolute Gasteiger partial charge is 0.449 e. The van der Waals surface area contributed by atoms with Crippen molar-refractivity contribution in [2.45, 2.75) is 24.5 Å². The zero-order valence-electron chi connectivity index (χ0n) is 17.6. The van der Waals surface area contributed by atoms with Crippen LogP contribution in [0.5, 0.6) is 0 Å². The van der Waals surface area contributed by atoms with E-state index in [0.29, 0.717) is 0 Å². The molecule has 3 N–H and O–H groups in total. The van der Waals surface area contributed by atoms with Gasteiger partial charge in [-0.25, -0.2) is 9.78 Å². The second-order valence-corrected chi connectivity index (χ2v) is 8.13. The molecule has 1 amide bonds. The van der Waals surface area contributed by atoms with E-state index in [1.807, 2.05) is 42.5 Å². The number of aromatic nitrogens is 1. The minimum Gasteiger partial charge on any atom is -0.449 e. The fourth-order valence-electron chi connectivity index (χ4n) is 4.06. The van der Waals surface area contributed by atoms with Gasteiger partial charge in [-0.05, 0) is 34.7 Å². The number of alkyl carbamates (subject to hydrolysis) is 1. The molecule has 0 saturated heterocycles. The van der Waals surface area contributed by atoms with E-state index in [1.54, 1.807) is 0 Å². The lowest BCUT2D eigenvalue weighted by Crippen LogP contribution is -2.30. The average Bonchev–Trinajstić information content (AvgIpc) is 3.16. The van der Waals surface area contributed by atoms with Crippen molar-refractivity contribution >= 4 is 17.7 Å². The van der Waals surface area contributed by atoms with Gasteiger partial charge in [-0.1, -0.05) is 60.1 Å². The number of carbonyl (C=O) groups excluding carboxylic acids is 1. The van der Waals surface area contributed by atoms with Crippen LogP contribution in [0.3, 0.4) is 0 Å². The van der Waals surface area contributed by atoms with Gasteiger partial charge in [-0.15, -0.1) is 0 Å². The number of halogens is 1. The highest BCUT2D eigenvalue weighted by molar-refractivity contribution is 6.30. The van der Waals surface area contributed by atoms with E-state index in [1.165, 1.54) is 12.3 Å². The molecule has 0 aliphatic heterocycles. The van der Waals surface area contributed by atoms with Crippen LogP contribution in [-0.4, -0.2) is 40.5 Å². The van der Waals surface area contributed by atoms with Gasteiger partial charge in [-0.2, -0.15) is 5.26 Å². The van der Waals surface area contributed by atoms with Gasteiger partial charge in [0.1, 0.15) is 23.9 Å². The van der Waals surface area contributed by atoms with Crippen LogP contribution < -0.4 is 5.32 Å². The molecule has 4 rings (SSSR count). The molecule has 1 aliphatic carbocycles. The highest BCUT2D eigenvalue weighted by atomic mass is 35.5. The first-order valence-corrected chi connectivity index (χ1v) is 10.9. The Morgan fingerprint density at radius 2 is 1.79 bits per heavy atom. The number of aliphatic hydroxyl groups is 2. The van der Waals surface area contributed by atoms with Gasteiger partial charge >= 0.3 is 6.09 Å². The number of hydrogen-bond donors (Lipinski definition) is 3. The van der Waals surface area contributed by atoms with Crippen LogP contribution in [0.25, 0.3) is 11.1 Å². The molecule has 0 radical (unpaired) electrons. The molecule has 2 atom stereocenters. The lowest BCUT2D eigenvalue weighted by molar-refractivity contribution is 0.0134. The van der Waals surface area contributed by atoms with Gasteiger partial charge in [0, 0.05) is 24.2 Å². The molecule has 2 unspecified atom stereocenters.